The number of halogens is 2. The zero-order valence-electron chi connectivity index (χ0n) is 19.1. The van der Waals surface area contributed by atoms with E-state index >= 15 is 0 Å². The summed E-state index contributed by atoms with van der Waals surface area (Å²) in [7, 11) is 0. The molecule has 0 aromatic heterocycles. The minimum atomic E-state index is -0.408. The molecule has 1 amide bonds. The number of unbranched alkanes of at least 4 members (excludes halogenated alkanes) is 1. The van der Waals surface area contributed by atoms with Crippen molar-refractivity contribution in [1.82, 2.24) is 0 Å². The molecule has 1 saturated heterocycles. The van der Waals surface area contributed by atoms with Crippen molar-refractivity contribution >= 4 is 17.2 Å². The quantitative estimate of drug-likeness (QED) is 0.194. The molecule has 2 atom stereocenters. The van der Waals surface area contributed by atoms with E-state index in [1.165, 1.54) is 24.3 Å². The van der Waals surface area contributed by atoms with Crippen LogP contribution in [0.5, 0.6) is 5.75 Å². The third-order valence-electron chi connectivity index (χ3n) is 5.95. The van der Waals surface area contributed by atoms with Crippen LogP contribution >= 0.6 is 0 Å². The third-order valence-corrected chi connectivity index (χ3v) is 5.95. The van der Waals surface area contributed by atoms with Crippen LogP contribution in [0.3, 0.4) is 0 Å². The number of nitrogens with zero attached hydrogens (tertiary/aromatic N) is 1. The molecule has 174 valence electrons. The van der Waals surface area contributed by atoms with Crippen LogP contribution in [0.25, 0.3) is 5.57 Å². The molecule has 0 unspecified atom stereocenters. The van der Waals surface area contributed by atoms with Crippen LogP contribution in [-0.2, 0) is 4.79 Å². The second-order valence-corrected chi connectivity index (χ2v) is 8.32. The molecule has 0 saturated carbocycles. The van der Waals surface area contributed by atoms with Gasteiger partial charge in [-0.15, -0.1) is 0 Å². The van der Waals surface area contributed by atoms with Gasteiger partial charge in [0.1, 0.15) is 17.4 Å². The van der Waals surface area contributed by atoms with Crippen molar-refractivity contribution in [2.45, 2.75) is 25.8 Å². The lowest BCUT2D eigenvalue weighted by Gasteiger charge is -2.46. The highest BCUT2D eigenvalue weighted by atomic mass is 19.1. The number of β-lactam (4-membered cyclic amide) rings is 1. The molecule has 0 aliphatic carbocycles. The Hall–Kier alpha value is -3.73. The third kappa shape index (κ3) is 5.09. The van der Waals surface area contributed by atoms with Gasteiger partial charge in [-0.25, -0.2) is 8.78 Å². The Balaban J connectivity index is 1.58. The molecule has 4 rings (SSSR count). The fraction of sp³-hybridized carbons (Fsp3) is 0.207. The van der Waals surface area contributed by atoms with Gasteiger partial charge in [-0.05, 0) is 71.7 Å². The smallest absolute Gasteiger partial charge is 0.236 e. The Morgan fingerprint density at radius 1 is 0.971 bits per heavy atom. The predicted octanol–water partition coefficient (Wildman–Crippen LogP) is 7.12. The normalized spacial score (nSPS) is 17.6. The average Bonchev–Trinajstić information content (AvgIpc) is 2.85. The first-order valence-electron chi connectivity index (χ1n) is 11.4. The van der Waals surface area contributed by atoms with Crippen molar-refractivity contribution in [2.75, 3.05) is 11.5 Å². The molecule has 3 aromatic rings. The molecule has 1 fully saturated rings. The summed E-state index contributed by atoms with van der Waals surface area (Å²) >= 11 is 0. The van der Waals surface area contributed by atoms with E-state index in [2.05, 4.69) is 13.5 Å². The topological polar surface area (TPSA) is 29.5 Å². The number of carbonyl (C=O) groups excluding carboxylic acids is 1. The molecule has 5 heteroatoms. The predicted molar refractivity (Wildman–Crippen MR) is 132 cm³/mol. The molecule has 0 radical (unpaired) electrons. The van der Waals surface area contributed by atoms with Gasteiger partial charge < -0.3 is 9.64 Å². The van der Waals surface area contributed by atoms with E-state index in [0.29, 0.717) is 17.9 Å². The van der Waals surface area contributed by atoms with Crippen molar-refractivity contribution in [2.24, 2.45) is 5.92 Å². The van der Waals surface area contributed by atoms with Gasteiger partial charge in [-0.3, -0.25) is 4.79 Å². The summed E-state index contributed by atoms with van der Waals surface area (Å²) in [5, 5.41) is 0. The lowest BCUT2D eigenvalue weighted by atomic mass is 9.81. The summed E-state index contributed by atoms with van der Waals surface area (Å²) in [5.74, 6) is -0.370. The Kier molecular flexibility index (Phi) is 7.21. The first kappa shape index (κ1) is 23.4. The zero-order valence-corrected chi connectivity index (χ0v) is 19.1. The standard InChI is InChI=1S/C29H27F2NO2/c1-3-4-19-34-26-16-8-22(9-17-26)28-27(18-5-20(2)21-6-10-23(30)11-7-21)29(33)32(28)25-14-12-24(31)13-15-25/h5-18,27-28H,2-4,19H2,1H3/b18-5+/t27-,28-/m1/s1. The number of carbonyl (C=O) groups is 1. The summed E-state index contributed by atoms with van der Waals surface area (Å²) < 4.78 is 32.5. The molecule has 1 aliphatic rings. The lowest BCUT2D eigenvalue weighted by Crippen LogP contribution is -2.54. The van der Waals surface area contributed by atoms with Crippen molar-refractivity contribution < 1.29 is 18.3 Å². The average molecular weight is 460 g/mol. The lowest BCUT2D eigenvalue weighted by molar-refractivity contribution is -0.128. The van der Waals surface area contributed by atoms with Gasteiger partial charge in [-0.2, -0.15) is 0 Å². The van der Waals surface area contributed by atoms with Crippen LogP contribution in [0.15, 0.2) is 91.5 Å². The highest BCUT2D eigenvalue weighted by Crippen LogP contribution is 2.44. The van der Waals surface area contributed by atoms with Crippen molar-refractivity contribution in [3.8, 4) is 5.75 Å². The first-order valence-corrected chi connectivity index (χ1v) is 11.4. The van der Waals surface area contributed by atoms with Gasteiger partial charge in [0, 0.05) is 5.69 Å². The van der Waals surface area contributed by atoms with Gasteiger partial charge in [0.2, 0.25) is 5.91 Å². The number of amides is 1. The van der Waals surface area contributed by atoms with Crippen molar-refractivity contribution in [1.29, 1.82) is 0 Å². The number of hydrogen-bond donors (Lipinski definition) is 0. The monoisotopic (exact) mass is 459 g/mol. The number of anilines is 1. The maximum absolute atomic E-state index is 13.5. The minimum Gasteiger partial charge on any atom is -0.494 e. The fourth-order valence-corrected chi connectivity index (χ4v) is 4.02. The maximum atomic E-state index is 13.5. The maximum Gasteiger partial charge on any atom is 0.236 e. The van der Waals surface area contributed by atoms with E-state index in [9.17, 15) is 13.6 Å². The zero-order chi connectivity index (χ0) is 24.1. The molecular weight excluding hydrogens is 432 g/mol. The van der Waals surface area contributed by atoms with Gasteiger partial charge in [0.05, 0.1) is 18.6 Å². The van der Waals surface area contributed by atoms with Crippen molar-refractivity contribution in [3.05, 3.63) is 114 Å². The van der Waals surface area contributed by atoms with E-state index in [1.54, 1.807) is 35.2 Å². The molecule has 1 heterocycles. The fourth-order valence-electron chi connectivity index (χ4n) is 4.02. The Labute approximate surface area is 199 Å². The summed E-state index contributed by atoms with van der Waals surface area (Å²) in [6.45, 7) is 6.83. The molecule has 0 N–H and O–H groups in total. The highest BCUT2D eigenvalue weighted by Gasteiger charge is 2.47. The Morgan fingerprint density at radius 3 is 2.21 bits per heavy atom. The van der Waals surface area contributed by atoms with Gasteiger partial charge >= 0.3 is 0 Å². The SMILES string of the molecule is C=C(/C=C/[C@H]1C(=O)N(c2ccc(F)cc2)[C@@H]1c1ccc(OCCCC)cc1)c1ccc(F)cc1. The number of hydrogen-bond acceptors (Lipinski definition) is 2. The number of benzene rings is 3. The number of ether oxygens (including phenoxy) is 1. The largest absolute Gasteiger partial charge is 0.494 e. The molecule has 0 bridgehead atoms. The molecule has 3 aromatic carbocycles. The summed E-state index contributed by atoms with van der Waals surface area (Å²) in [6.07, 6.45) is 5.69. The molecule has 34 heavy (non-hydrogen) atoms. The van der Waals surface area contributed by atoms with Crippen molar-refractivity contribution in [3.63, 3.8) is 0 Å². The molecule has 3 nitrogen and oxygen atoms in total. The van der Waals surface area contributed by atoms with E-state index in [-0.39, 0.29) is 23.6 Å². The van der Waals surface area contributed by atoms with Crippen LogP contribution in [0.2, 0.25) is 0 Å². The van der Waals surface area contributed by atoms with E-state index < -0.39 is 5.92 Å². The summed E-state index contributed by atoms with van der Waals surface area (Å²) in [4.78, 5) is 14.8. The van der Waals surface area contributed by atoms with Gasteiger partial charge in [0.15, 0.2) is 0 Å². The highest BCUT2D eigenvalue weighted by molar-refractivity contribution is 6.04. The van der Waals surface area contributed by atoms with Crippen LogP contribution in [0.4, 0.5) is 14.5 Å². The van der Waals surface area contributed by atoms with Gasteiger partial charge in [0.25, 0.3) is 0 Å². The van der Waals surface area contributed by atoms with E-state index in [0.717, 1.165) is 29.7 Å². The molecule has 0 spiro atoms. The van der Waals surface area contributed by atoms with Crippen LogP contribution in [0, 0.1) is 17.6 Å². The first-order chi connectivity index (χ1) is 16.5. The summed E-state index contributed by atoms with van der Waals surface area (Å²) in [5.41, 5.74) is 3.06. The minimum absolute atomic E-state index is 0.0805. The number of allylic oxidation sites excluding steroid dienone is 2. The Bertz CT molecular complexity index is 1170. The van der Waals surface area contributed by atoms with Gasteiger partial charge in [-0.1, -0.05) is 56.3 Å². The molecule has 1 aliphatic heterocycles. The number of rotatable bonds is 9. The second-order valence-electron chi connectivity index (χ2n) is 8.32. The molecular formula is C29H27F2NO2. The summed E-state index contributed by atoms with van der Waals surface area (Å²) in [6, 6.07) is 19.5. The Morgan fingerprint density at radius 2 is 1.59 bits per heavy atom. The second kappa shape index (κ2) is 10.5. The van der Waals surface area contributed by atoms with Crippen LogP contribution in [0.1, 0.15) is 36.9 Å². The van der Waals surface area contributed by atoms with Crippen LogP contribution < -0.4 is 9.64 Å². The van der Waals surface area contributed by atoms with Crippen LogP contribution in [-0.4, -0.2) is 12.5 Å². The van der Waals surface area contributed by atoms with E-state index in [1.807, 2.05) is 30.3 Å². The van der Waals surface area contributed by atoms with E-state index in [4.69, 9.17) is 4.74 Å².